The summed E-state index contributed by atoms with van der Waals surface area (Å²) in [7, 11) is 0. The molecule has 0 saturated heterocycles. The van der Waals surface area contributed by atoms with Crippen LogP contribution in [0.2, 0.25) is 0 Å². The normalized spacial score (nSPS) is 10.8. The van der Waals surface area contributed by atoms with E-state index in [4.69, 9.17) is 0 Å². The second-order valence-electron chi connectivity index (χ2n) is 5.83. The number of hydrogen-bond acceptors (Lipinski definition) is 1. The molecule has 0 spiro atoms. The Balaban J connectivity index is 1.67. The minimum absolute atomic E-state index is 0.440. The Hall–Kier alpha value is -2.55. The minimum atomic E-state index is -0.783. The molecule has 1 aromatic heterocycles. The number of hydrogen-bond donors (Lipinski definition) is 0. The molecule has 0 aliphatic heterocycles. The Kier molecular flexibility index (Phi) is 4.99. The molecular weight excluding hydrogens is 304 g/mol. The number of aromatic nitrogens is 1. The lowest BCUT2D eigenvalue weighted by Crippen LogP contribution is -1.99. The molecule has 0 radical (unpaired) electrons. The van der Waals surface area contributed by atoms with Crippen molar-refractivity contribution in [3.05, 3.63) is 89.2 Å². The molecule has 1 heterocycles. The SMILES string of the molecule is CCc1ccc(-c2ccc(CCc3ccc(F)nc3F)cc2)cc1. The Labute approximate surface area is 141 Å². The van der Waals surface area contributed by atoms with Crippen molar-refractivity contribution in [2.24, 2.45) is 0 Å². The van der Waals surface area contributed by atoms with Gasteiger partial charge in [0.1, 0.15) is 0 Å². The molecule has 24 heavy (non-hydrogen) atoms. The van der Waals surface area contributed by atoms with Crippen molar-refractivity contribution in [1.82, 2.24) is 4.98 Å². The van der Waals surface area contributed by atoms with Crippen LogP contribution in [-0.2, 0) is 19.3 Å². The standard InChI is InChI=1S/C21H19F2N/c1-2-15-3-8-17(9-4-15)18-10-5-16(6-11-18)7-12-19-13-14-20(22)24-21(19)23/h3-6,8-11,13-14H,2,7,12H2,1H3. The fourth-order valence-corrected chi connectivity index (χ4v) is 2.70. The zero-order valence-electron chi connectivity index (χ0n) is 13.6. The van der Waals surface area contributed by atoms with Crippen LogP contribution in [0.5, 0.6) is 0 Å². The molecule has 0 atom stereocenters. The topological polar surface area (TPSA) is 12.9 Å². The highest BCUT2D eigenvalue weighted by Gasteiger charge is 2.06. The fourth-order valence-electron chi connectivity index (χ4n) is 2.70. The quantitative estimate of drug-likeness (QED) is 0.575. The van der Waals surface area contributed by atoms with Crippen molar-refractivity contribution < 1.29 is 8.78 Å². The molecular formula is C21H19F2N. The fraction of sp³-hybridized carbons (Fsp3) is 0.190. The molecule has 3 heteroatoms. The summed E-state index contributed by atoms with van der Waals surface area (Å²) in [6.45, 7) is 2.14. The van der Waals surface area contributed by atoms with Gasteiger partial charge in [0.25, 0.3) is 0 Å². The van der Waals surface area contributed by atoms with Gasteiger partial charge in [-0.25, -0.2) is 0 Å². The van der Waals surface area contributed by atoms with Crippen LogP contribution in [0.3, 0.4) is 0 Å². The van der Waals surface area contributed by atoms with Crippen LogP contribution in [0.4, 0.5) is 8.78 Å². The summed E-state index contributed by atoms with van der Waals surface area (Å²) in [5.74, 6) is -1.50. The van der Waals surface area contributed by atoms with Crippen molar-refractivity contribution in [1.29, 1.82) is 0 Å². The smallest absolute Gasteiger partial charge is 0.190 e. The second kappa shape index (κ2) is 7.35. The first kappa shape index (κ1) is 16.3. The first-order valence-electron chi connectivity index (χ1n) is 8.15. The van der Waals surface area contributed by atoms with Crippen LogP contribution in [0.25, 0.3) is 11.1 Å². The summed E-state index contributed by atoms with van der Waals surface area (Å²) in [5, 5.41) is 0. The largest absolute Gasteiger partial charge is 0.218 e. The van der Waals surface area contributed by atoms with Gasteiger partial charge in [0, 0.05) is 5.56 Å². The first-order chi connectivity index (χ1) is 11.7. The van der Waals surface area contributed by atoms with E-state index < -0.39 is 11.9 Å². The third-order valence-electron chi connectivity index (χ3n) is 4.22. The van der Waals surface area contributed by atoms with Gasteiger partial charge in [-0.1, -0.05) is 55.5 Å². The number of rotatable bonds is 5. The molecule has 3 aromatic rings. The van der Waals surface area contributed by atoms with Crippen LogP contribution >= 0.6 is 0 Å². The summed E-state index contributed by atoms with van der Waals surface area (Å²) in [6, 6.07) is 19.5. The first-order valence-corrected chi connectivity index (χ1v) is 8.15. The highest BCUT2D eigenvalue weighted by atomic mass is 19.1. The van der Waals surface area contributed by atoms with Crippen LogP contribution in [0.15, 0.2) is 60.7 Å². The van der Waals surface area contributed by atoms with Gasteiger partial charge in [0.2, 0.25) is 11.9 Å². The molecule has 0 aliphatic carbocycles. The Morgan fingerprint density at radius 2 is 1.29 bits per heavy atom. The molecule has 1 nitrogen and oxygen atoms in total. The number of nitrogens with zero attached hydrogens (tertiary/aromatic N) is 1. The van der Waals surface area contributed by atoms with Gasteiger partial charge in [0.05, 0.1) is 0 Å². The lowest BCUT2D eigenvalue weighted by atomic mass is 9.99. The summed E-state index contributed by atoms with van der Waals surface area (Å²) in [6.07, 6.45) is 2.23. The van der Waals surface area contributed by atoms with Crippen molar-refractivity contribution in [3.8, 4) is 11.1 Å². The zero-order valence-corrected chi connectivity index (χ0v) is 13.6. The molecule has 3 rings (SSSR count). The Morgan fingerprint density at radius 1 is 0.708 bits per heavy atom. The second-order valence-corrected chi connectivity index (χ2v) is 5.83. The third-order valence-corrected chi connectivity index (χ3v) is 4.22. The lowest BCUT2D eigenvalue weighted by molar-refractivity contribution is 0.502. The summed E-state index contributed by atoms with van der Waals surface area (Å²) in [5.41, 5.74) is 5.23. The van der Waals surface area contributed by atoms with E-state index in [-0.39, 0.29) is 0 Å². The van der Waals surface area contributed by atoms with Crippen molar-refractivity contribution in [2.75, 3.05) is 0 Å². The maximum absolute atomic E-state index is 13.5. The van der Waals surface area contributed by atoms with Gasteiger partial charge in [-0.3, -0.25) is 0 Å². The van der Waals surface area contributed by atoms with Crippen molar-refractivity contribution >= 4 is 0 Å². The highest BCUT2D eigenvalue weighted by molar-refractivity contribution is 5.64. The molecule has 0 aliphatic rings. The minimum Gasteiger partial charge on any atom is -0.190 e. The van der Waals surface area contributed by atoms with Crippen LogP contribution in [-0.4, -0.2) is 4.98 Å². The molecule has 0 N–H and O–H groups in total. The Morgan fingerprint density at radius 3 is 1.83 bits per heavy atom. The van der Waals surface area contributed by atoms with Gasteiger partial charge in [-0.05, 0) is 53.6 Å². The molecule has 0 saturated carbocycles. The average Bonchev–Trinajstić information content (AvgIpc) is 2.62. The van der Waals surface area contributed by atoms with Gasteiger partial charge in [-0.2, -0.15) is 13.8 Å². The summed E-state index contributed by atoms with van der Waals surface area (Å²) >= 11 is 0. The van der Waals surface area contributed by atoms with E-state index in [1.807, 2.05) is 0 Å². The van der Waals surface area contributed by atoms with E-state index >= 15 is 0 Å². The van der Waals surface area contributed by atoms with Crippen molar-refractivity contribution in [3.63, 3.8) is 0 Å². The van der Waals surface area contributed by atoms with E-state index in [1.54, 1.807) is 0 Å². The maximum Gasteiger partial charge on any atom is 0.218 e. The number of benzene rings is 2. The molecule has 0 bridgehead atoms. The maximum atomic E-state index is 13.5. The molecule has 122 valence electrons. The van der Waals surface area contributed by atoms with Gasteiger partial charge >= 0.3 is 0 Å². The lowest BCUT2D eigenvalue weighted by Gasteiger charge is -2.06. The van der Waals surface area contributed by atoms with Crippen LogP contribution in [0, 0.1) is 11.9 Å². The highest BCUT2D eigenvalue weighted by Crippen LogP contribution is 2.21. The number of aryl methyl sites for hydroxylation is 3. The Bertz CT molecular complexity index is 808. The van der Waals surface area contributed by atoms with E-state index in [0.717, 1.165) is 17.5 Å². The molecule has 2 aromatic carbocycles. The third kappa shape index (κ3) is 3.85. The van der Waals surface area contributed by atoms with E-state index in [0.29, 0.717) is 18.4 Å². The van der Waals surface area contributed by atoms with E-state index in [2.05, 4.69) is 60.4 Å². The predicted molar refractivity (Wildman–Crippen MR) is 92.8 cm³/mol. The number of halogens is 2. The van der Waals surface area contributed by atoms with Gasteiger partial charge in [0.15, 0.2) is 0 Å². The van der Waals surface area contributed by atoms with Crippen LogP contribution in [0.1, 0.15) is 23.6 Å². The van der Waals surface area contributed by atoms with Crippen LogP contribution < -0.4 is 0 Å². The molecule has 0 fully saturated rings. The summed E-state index contributed by atoms with van der Waals surface area (Å²) < 4.78 is 26.4. The van der Waals surface area contributed by atoms with E-state index in [1.165, 1.54) is 23.3 Å². The van der Waals surface area contributed by atoms with Crippen molar-refractivity contribution in [2.45, 2.75) is 26.2 Å². The molecule has 0 unspecified atom stereocenters. The average molecular weight is 323 g/mol. The van der Waals surface area contributed by atoms with Gasteiger partial charge < -0.3 is 0 Å². The predicted octanol–water partition coefficient (Wildman–Crippen LogP) is 5.37. The van der Waals surface area contributed by atoms with E-state index in [9.17, 15) is 8.78 Å². The monoisotopic (exact) mass is 323 g/mol. The summed E-state index contributed by atoms with van der Waals surface area (Å²) in [4.78, 5) is 3.22. The zero-order chi connectivity index (χ0) is 16.9. The molecule has 0 amide bonds. The number of pyridine rings is 1. The van der Waals surface area contributed by atoms with Gasteiger partial charge in [-0.15, -0.1) is 0 Å².